The lowest BCUT2D eigenvalue weighted by Gasteiger charge is -2.62. The van der Waals surface area contributed by atoms with Crippen LogP contribution in [0.25, 0.3) is 0 Å². The highest BCUT2D eigenvalue weighted by atomic mass is 32.2. The highest BCUT2D eigenvalue weighted by Gasteiger charge is 2.54. The van der Waals surface area contributed by atoms with E-state index in [0.717, 1.165) is 75.7 Å². The minimum atomic E-state index is -4.38. The minimum Gasteiger partial charge on any atom is -0.390 e. The Kier molecular flexibility index (Phi) is 4.74. The maximum absolute atomic E-state index is 13.0. The van der Waals surface area contributed by atoms with Gasteiger partial charge in [0.2, 0.25) is 0 Å². The predicted molar refractivity (Wildman–Crippen MR) is 106 cm³/mol. The number of alkyl halides is 3. The van der Waals surface area contributed by atoms with Gasteiger partial charge in [0.05, 0.1) is 11.3 Å². The van der Waals surface area contributed by atoms with Crippen molar-refractivity contribution in [1.29, 1.82) is 0 Å². The minimum absolute atomic E-state index is 0.192. The Bertz CT molecular complexity index is 772. The number of hydrogen-bond acceptors (Lipinski definition) is 5. The average molecular weight is 428 g/mol. The van der Waals surface area contributed by atoms with Crippen molar-refractivity contribution in [2.45, 2.75) is 74.1 Å². The van der Waals surface area contributed by atoms with Crippen LogP contribution in [-0.4, -0.2) is 57.1 Å². The van der Waals surface area contributed by atoms with Crippen molar-refractivity contribution < 1.29 is 18.3 Å². The van der Waals surface area contributed by atoms with Crippen molar-refractivity contribution in [2.75, 3.05) is 26.2 Å². The molecule has 3 heterocycles. The predicted octanol–water partition coefficient (Wildman–Crippen LogP) is 4.30. The molecular weight excluding hydrogens is 399 g/mol. The fourth-order valence-corrected chi connectivity index (χ4v) is 6.50. The Balaban J connectivity index is 1.15. The van der Waals surface area contributed by atoms with Gasteiger partial charge in [-0.1, -0.05) is 0 Å². The maximum Gasteiger partial charge on any atom is 0.433 e. The van der Waals surface area contributed by atoms with E-state index >= 15 is 0 Å². The summed E-state index contributed by atoms with van der Waals surface area (Å²) >= 11 is 1.58. The van der Waals surface area contributed by atoms with Crippen LogP contribution in [0.3, 0.4) is 0 Å². The van der Waals surface area contributed by atoms with Gasteiger partial charge in [-0.05, 0) is 69.5 Å². The summed E-state index contributed by atoms with van der Waals surface area (Å²) in [5.41, 5.74) is -0.274. The van der Waals surface area contributed by atoms with Gasteiger partial charge in [0.1, 0.15) is 5.69 Å². The van der Waals surface area contributed by atoms with E-state index in [2.05, 4.69) is 14.2 Å². The Morgan fingerprint density at radius 3 is 2.31 bits per heavy atom. The van der Waals surface area contributed by atoms with E-state index in [1.165, 1.54) is 0 Å². The number of aromatic nitrogens is 1. The summed E-state index contributed by atoms with van der Waals surface area (Å²) in [5.74, 6) is 0.192. The third-order valence-corrected chi connectivity index (χ3v) is 8.08. The van der Waals surface area contributed by atoms with E-state index < -0.39 is 17.5 Å². The molecule has 1 spiro atoms. The molecule has 0 amide bonds. The van der Waals surface area contributed by atoms with Gasteiger partial charge in [0, 0.05) is 48.4 Å². The standard InChI is InChI=1S/C21H28F3N3OS/c1-19(28)8-6-15(7-9-19)26-10-20(11-26)12-27(13-20)29-16-4-5-17(21(22,23)24)25-18(16)14-2-3-14/h4-5,14-15,28H,2-3,6-13H2,1H3. The molecule has 4 aliphatic rings. The van der Waals surface area contributed by atoms with Crippen molar-refractivity contribution in [1.82, 2.24) is 14.2 Å². The highest BCUT2D eigenvalue weighted by molar-refractivity contribution is 7.97. The molecule has 8 heteroatoms. The number of hydrogen-bond donors (Lipinski definition) is 1. The van der Waals surface area contributed by atoms with Crippen molar-refractivity contribution in [3.8, 4) is 0 Å². The molecule has 0 bridgehead atoms. The van der Waals surface area contributed by atoms with Gasteiger partial charge >= 0.3 is 6.18 Å². The molecule has 2 aliphatic heterocycles. The lowest BCUT2D eigenvalue weighted by Crippen LogP contribution is -2.72. The quantitative estimate of drug-likeness (QED) is 0.726. The van der Waals surface area contributed by atoms with Crippen LogP contribution in [0.4, 0.5) is 13.2 Å². The van der Waals surface area contributed by atoms with E-state index in [-0.39, 0.29) is 5.92 Å². The molecule has 1 aromatic heterocycles. The van der Waals surface area contributed by atoms with Crippen LogP contribution in [0.1, 0.15) is 62.8 Å². The van der Waals surface area contributed by atoms with E-state index in [9.17, 15) is 18.3 Å². The zero-order valence-electron chi connectivity index (χ0n) is 16.7. The van der Waals surface area contributed by atoms with Gasteiger partial charge in [-0.3, -0.25) is 4.90 Å². The van der Waals surface area contributed by atoms with Gasteiger partial charge in [-0.25, -0.2) is 9.29 Å². The Hall–Kier alpha value is -0.830. The first kappa shape index (κ1) is 20.1. The third-order valence-electron chi connectivity index (χ3n) is 7.02. The van der Waals surface area contributed by atoms with Crippen molar-refractivity contribution in [3.63, 3.8) is 0 Å². The summed E-state index contributed by atoms with van der Waals surface area (Å²) in [5, 5.41) is 10.1. The first-order valence-corrected chi connectivity index (χ1v) is 11.4. The molecular formula is C21H28F3N3OS. The molecule has 29 heavy (non-hydrogen) atoms. The molecule has 0 atom stereocenters. The highest BCUT2D eigenvalue weighted by Crippen LogP contribution is 2.50. The maximum atomic E-state index is 13.0. The number of halogens is 3. The number of rotatable bonds is 4. The molecule has 2 saturated carbocycles. The van der Waals surface area contributed by atoms with Crippen LogP contribution in [0.2, 0.25) is 0 Å². The molecule has 4 nitrogen and oxygen atoms in total. The first-order chi connectivity index (χ1) is 13.6. The zero-order chi connectivity index (χ0) is 20.4. The first-order valence-electron chi connectivity index (χ1n) is 10.6. The van der Waals surface area contributed by atoms with Crippen LogP contribution < -0.4 is 0 Å². The van der Waals surface area contributed by atoms with E-state index in [0.29, 0.717) is 17.2 Å². The van der Waals surface area contributed by atoms with Crippen molar-refractivity contribution in [2.24, 2.45) is 5.41 Å². The molecule has 1 N–H and O–H groups in total. The molecule has 160 valence electrons. The van der Waals surface area contributed by atoms with Crippen LogP contribution in [-0.2, 0) is 6.18 Å². The van der Waals surface area contributed by atoms with Crippen molar-refractivity contribution >= 4 is 11.9 Å². The molecule has 0 unspecified atom stereocenters. The molecule has 1 aromatic rings. The summed E-state index contributed by atoms with van der Waals surface area (Å²) in [6.45, 7) is 6.14. The Morgan fingerprint density at radius 1 is 1.07 bits per heavy atom. The van der Waals surface area contributed by atoms with Gasteiger partial charge < -0.3 is 5.11 Å². The zero-order valence-corrected chi connectivity index (χ0v) is 17.5. The fraction of sp³-hybridized carbons (Fsp3) is 0.762. The van der Waals surface area contributed by atoms with Crippen LogP contribution in [0, 0.1) is 5.41 Å². The summed E-state index contributed by atoms with van der Waals surface area (Å²) < 4.78 is 41.3. The van der Waals surface area contributed by atoms with E-state index in [1.807, 2.05) is 6.92 Å². The summed E-state index contributed by atoms with van der Waals surface area (Å²) in [4.78, 5) is 7.42. The summed E-state index contributed by atoms with van der Waals surface area (Å²) in [6.07, 6.45) is 1.41. The third kappa shape index (κ3) is 4.05. The monoisotopic (exact) mass is 427 g/mol. The van der Waals surface area contributed by atoms with Gasteiger partial charge in [0.15, 0.2) is 0 Å². The summed E-state index contributed by atoms with van der Waals surface area (Å²) in [6, 6.07) is 3.33. The van der Waals surface area contributed by atoms with Gasteiger partial charge in [-0.15, -0.1) is 0 Å². The van der Waals surface area contributed by atoms with E-state index in [4.69, 9.17) is 0 Å². The van der Waals surface area contributed by atoms with Crippen LogP contribution >= 0.6 is 11.9 Å². The largest absolute Gasteiger partial charge is 0.433 e. The van der Waals surface area contributed by atoms with Crippen LogP contribution in [0.15, 0.2) is 17.0 Å². The van der Waals surface area contributed by atoms with E-state index in [1.54, 1.807) is 18.0 Å². The second-order valence-corrected chi connectivity index (χ2v) is 11.0. The average Bonchev–Trinajstić information content (AvgIpc) is 3.40. The number of aliphatic hydroxyl groups is 1. The smallest absolute Gasteiger partial charge is 0.390 e. The SMILES string of the molecule is CC1(O)CCC(N2CC3(CN(Sc4ccc(C(F)(F)F)nc4C4CC4)C3)C2)CC1. The second-order valence-electron chi connectivity index (χ2n) is 9.87. The molecule has 5 rings (SSSR count). The fourth-order valence-electron chi connectivity index (χ4n) is 5.12. The summed E-state index contributed by atoms with van der Waals surface area (Å²) in [7, 11) is 0. The molecule has 0 radical (unpaired) electrons. The molecule has 2 aliphatic carbocycles. The normalized spacial score (nSPS) is 32.8. The molecule has 2 saturated heterocycles. The Morgan fingerprint density at radius 2 is 1.72 bits per heavy atom. The molecule has 4 fully saturated rings. The lowest BCUT2D eigenvalue weighted by atomic mass is 9.72. The molecule has 0 aromatic carbocycles. The van der Waals surface area contributed by atoms with Crippen molar-refractivity contribution in [3.05, 3.63) is 23.5 Å². The lowest BCUT2D eigenvalue weighted by molar-refractivity contribution is -0.141. The van der Waals surface area contributed by atoms with Gasteiger partial charge in [-0.2, -0.15) is 13.2 Å². The Labute approximate surface area is 174 Å². The topological polar surface area (TPSA) is 39.6 Å². The number of likely N-dealkylation sites (tertiary alicyclic amines) is 1. The number of pyridine rings is 1. The van der Waals surface area contributed by atoms with Gasteiger partial charge in [0.25, 0.3) is 0 Å². The number of nitrogens with zero attached hydrogens (tertiary/aromatic N) is 3. The second kappa shape index (κ2) is 6.84. The van der Waals surface area contributed by atoms with Crippen LogP contribution in [0.5, 0.6) is 0 Å².